The van der Waals surface area contributed by atoms with E-state index in [9.17, 15) is 10.1 Å². The molecule has 0 radical (unpaired) electrons. The molecular formula is C14H19BrN2O3. The van der Waals surface area contributed by atoms with Gasteiger partial charge in [-0.25, -0.2) is 0 Å². The average molecular weight is 343 g/mol. The van der Waals surface area contributed by atoms with Crippen LogP contribution < -0.4 is 10.5 Å². The first-order chi connectivity index (χ1) is 9.52. The Labute approximate surface area is 126 Å². The number of benzene rings is 1. The number of nitrogens with two attached hydrogens (primary N) is 1. The Balaban J connectivity index is 2.20. The minimum absolute atomic E-state index is 0.100. The largest absolute Gasteiger partial charge is 0.489 e. The van der Waals surface area contributed by atoms with Gasteiger partial charge in [0.2, 0.25) is 0 Å². The monoisotopic (exact) mass is 342 g/mol. The Morgan fingerprint density at radius 2 is 2.15 bits per heavy atom. The number of nitro groups is 1. The molecule has 1 aromatic carbocycles. The molecule has 0 saturated heterocycles. The molecule has 1 fully saturated rings. The Morgan fingerprint density at radius 1 is 1.45 bits per heavy atom. The third kappa shape index (κ3) is 3.30. The van der Waals surface area contributed by atoms with Crippen molar-refractivity contribution in [1.82, 2.24) is 0 Å². The highest BCUT2D eigenvalue weighted by Gasteiger charge is 2.27. The molecule has 5 nitrogen and oxygen atoms in total. The molecule has 1 aromatic rings. The number of hydrogen-bond acceptors (Lipinski definition) is 4. The third-order valence-corrected chi connectivity index (χ3v) is 4.49. The molecule has 0 spiro atoms. The SMILES string of the molecule is Cc1cc(OC2CCCCC2CN)c(Br)cc1[N+](=O)[O-]. The topological polar surface area (TPSA) is 78.4 Å². The van der Waals surface area contributed by atoms with E-state index in [1.165, 1.54) is 12.5 Å². The summed E-state index contributed by atoms with van der Waals surface area (Å²) in [6.45, 7) is 2.34. The van der Waals surface area contributed by atoms with Crippen LogP contribution in [0.2, 0.25) is 0 Å². The van der Waals surface area contributed by atoms with Crippen LogP contribution in [0, 0.1) is 23.0 Å². The van der Waals surface area contributed by atoms with E-state index in [0.717, 1.165) is 19.3 Å². The summed E-state index contributed by atoms with van der Waals surface area (Å²) < 4.78 is 6.68. The lowest BCUT2D eigenvalue weighted by atomic mass is 9.86. The fourth-order valence-corrected chi connectivity index (χ4v) is 3.12. The molecule has 0 amide bonds. The predicted octanol–water partition coefficient (Wildman–Crippen LogP) is 3.56. The smallest absolute Gasteiger partial charge is 0.273 e. The van der Waals surface area contributed by atoms with Crippen LogP contribution in [0.1, 0.15) is 31.2 Å². The first-order valence-electron chi connectivity index (χ1n) is 6.84. The van der Waals surface area contributed by atoms with Crippen molar-refractivity contribution in [2.75, 3.05) is 6.54 Å². The lowest BCUT2D eigenvalue weighted by molar-refractivity contribution is -0.385. The molecule has 0 aromatic heterocycles. The molecule has 2 atom stereocenters. The highest BCUT2D eigenvalue weighted by Crippen LogP contribution is 2.35. The van der Waals surface area contributed by atoms with E-state index in [1.54, 1.807) is 13.0 Å². The molecule has 0 heterocycles. The second-order valence-electron chi connectivity index (χ2n) is 5.26. The standard InChI is InChI=1S/C14H19BrN2O3/c1-9-6-14(11(15)7-12(9)17(18)19)20-13-5-3-2-4-10(13)8-16/h6-7,10,13H,2-5,8,16H2,1H3. The van der Waals surface area contributed by atoms with Crippen molar-refractivity contribution in [3.63, 3.8) is 0 Å². The number of aryl methyl sites for hydroxylation is 1. The minimum atomic E-state index is -0.382. The van der Waals surface area contributed by atoms with Gasteiger partial charge in [0.1, 0.15) is 11.9 Å². The quantitative estimate of drug-likeness (QED) is 0.670. The van der Waals surface area contributed by atoms with Crippen LogP contribution in [0.25, 0.3) is 0 Å². The summed E-state index contributed by atoms with van der Waals surface area (Å²) in [6.07, 6.45) is 4.52. The van der Waals surface area contributed by atoms with E-state index in [-0.39, 0.29) is 16.7 Å². The van der Waals surface area contributed by atoms with E-state index in [2.05, 4.69) is 15.9 Å². The minimum Gasteiger partial charge on any atom is -0.489 e. The molecule has 1 aliphatic carbocycles. The maximum absolute atomic E-state index is 10.9. The van der Waals surface area contributed by atoms with Crippen molar-refractivity contribution in [2.24, 2.45) is 11.7 Å². The second kappa shape index (κ2) is 6.54. The lowest BCUT2D eigenvalue weighted by Crippen LogP contribution is -2.35. The first kappa shape index (κ1) is 15.3. The van der Waals surface area contributed by atoms with Crippen molar-refractivity contribution in [1.29, 1.82) is 0 Å². The molecule has 1 saturated carbocycles. The predicted molar refractivity (Wildman–Crippen MR) is 81.0 cm³/mol. The van der Waals surface area contributed by atoms with E-state index >= 15 is 0 Å². The number of halogens is 1. The molecule has 2 N–H and O–H groups in total. The van der Waals surface area contributed by atoms with Crippen molar-refractivity contribution in [3.05, 3.63) is 32.3 Å². The van der Waals surface area contributed by atoms with Gasteiger partial charge >= 0.3 is 0 Å². The van der Waals surface area contributed by atoms with Crippen molar-refractivity contribution < 1.29 is 9.66 Å². The summed E-state index contributed by atoms with van der Waals surface area (Å²) in [6, 6.07) is 3.23. The number of rotatable bonds is 4. The number of hydrogen-bond donors (Lipinski definition) is 1. The fourth-order valence-electron chi connectivity index (χ4n) is 2.69. The van der Waals surface area contributed by atoms with Gasteiger partial charge in [-0.1, -0.05) is 6.42 Å². The Kier molecular flexibility index (Phi) is 4.99. The number of nitro benzene ring substituents is 1. The summed E-state index contributed by atoms with van der Waals surface area (Å²) in [5.41, 5.74) is 6.50. The van der Waals surface area contributed by atoms with E-state index in [4.69, 9.17) is 10.5 Å². The molecule has 0 bridgehead atoms. The molecule has 0 aliphatic heterocycles. The van der Waals surface area contributed by atoms with Crippen molar-refractivity contribution in [3.8, 4) is 5.75 Å². The molecule has 6 heteroatoms. The summed E-state index contributed by atoms with van der Waals surface area (Å²) >= 11 is 3.36. The molecule has 2 rings (SSSR count). The van der Waals surface area contributed by atoms with Crippen LogP contribution in [0.15, 0.2) is 16.6 Å². The maximum Gasteiger partial charge on any atom is 0.273 e. The highest BCUT2D eigenvalue weighted by atomic mass is 79.9. The lowest BCUT2D eigenvalue weighted by Gasteiger charge is -2.31. The van der Waals surface area contributed by atoms with Gasteiger partial charge in [-0.15, -0.1) is 0 Å². The van der Waals surface area contributed by atoms with Gasteiger partial charge in [0.25, 0.3) is 5.69 Å². The van der Waals surface area contributed by atoms with Crippen LogP contribution in [-0.4, -0.2) is 17.6 Å². The van der Waals surface area contributed by atoms with Crippen LogP contribution in [0.3, 0.4) is 0 Å². The van der Waals surface area contributed by atoms with Gasteiger partial charge in [-0.3, -0.25) is 10.1 Å². The van der Waals surface area contributed by atoms with Gasteiger partial charge in [0, 0.05) is 17.5 Å². The molecule has 110 valence electrons. The normalized spacial score (nSPS) is 22.6. The summed E-state index contributed by atoms with van der Waals surface area (Å²) in [5.74, 6) is 1.03. The Hall–Kier alpha value is -1.14. The first-order valence-corrected chi connectivity index (χ1v) is 7.63. The average Bonchev–Trinajstić information content (AvgIpc) is 2.42. The van der Waals surface area contributed by atoms with E-state index < -0.39 is 0 Å². The number of nitrogens with zero attached hydrogens (tertiary/aromatic N) is 1. The third-order valence-electron chi connectivity index (χ3n) is 3.87. The van der Waals surface area contributed by atoms with E-state index in [1.807, 2.05) is 0 Å². The summed E-state index contributed by atoms with van der Waals surface area (Å²) in [5, 5.41) is 10.9. The van der Waals surface area contributed by atoms with Gasteiger partial charge in [-0.2, -0.15) is 0 Å². The van der Waals surface area contributed by atoms with Gasteiger partial charge in [0.05, 0.1) is 9.40 Å². The van der Waals surface area contributed by atoms with Gasteiger partial charge in [-0.05, 0) is 54.7 Å². The van der Waals surface area contributed by atoms with E-state index in [0.29, 0.717) is 28.2 Å². The zero-order valence-electron chi connectivity index (χ0n) is 11.5. The van der Waals surface area contributed by atoms with Gasteiger partial charge < -0.3 is 10.5 Å². The van der Waals surface area contributed by atoms with Gasteiger partial charge in [0.15, 0.2) is 0 Å². The molecule has 20 heavy (non-hydrogen) atoms. The maximum atomic E-state index is 10.9. The highest BCUT2D eigenvalue weighted by molar-refractivity contribution is 9.10. The Bertz CT molecular complexity index is 507. The zero-order valence-corrected chi connectivity index (χ0v) is 13.1. The van der Waals surface area contributed by atoms with Crippen LogP contribution >= 0.6 is 15.9 Å². The van der Waals surface area contributed by atoms with Crippen molar-refractivity contribution >= 4 is 21.6 Å². The summed E-state index contributed by atoms with van der Waals surface area (Å²) in [7, 11) is 0. The summed E-state index contributed by atoms with van der Waals surface area (Å²) in [4.78, 5) is 10.5. The fraction of sp³-hybridized carbons (Fsp3) is 0.571. The molecular weight excluding hydrogens is 324 g/mol. The van der Waals surface area contributed by atoms with Crippen molar-refractivity contribution in [2.45, 2.75) is 38.7 Å². The molecule has 2 unspecified atom stereocenters. The van der Waals surface area contributed by atoms with Crippen LogP contribution in [0.5, 0.6) is 5.75 Å². The van der Waals surface area contributed by atoms with Crippen LogP contribution in [0.4, 0.5) is 5.69 Å². The zero-order chi connectivity index (χ0) is 14.7. The second-order valence-corrected chi connectivity index (χ2v) is 6.12. The Morgan fingerprint density at radius 3 is 2.80 bits per heavy atom. The number of ether oxygens (including phenoxy) is 1. The van der Waals surface area contributed by atoms with Crippen LogP contribution in [-0.2, 0) is 0 Å². The molecule has 1 aliphatic rings.